The van der Waals surface area contributed by atoms with Crippen LogP contribution < -0.4 is 5.32 Å². The fourth-order valence-corrected chi connectivity index (χ4v) is 2.41. The normalized spacial score (nSPS) is 11.3. The number of hydrogen-bond donors (Lipinski definition) is 1. The molecule has 0 bridgehead atoms. The Balaban J connectivity index is 2.44. The van der Waals surface area contributed by atoms with Crippen molar-refractivity contribution >= 4 is 11.6 Å². The van der Waals surface area contributed by atoms with Crippen molar-refractivity contribution in [2.24, 2.45) is 0 Å². The minimum Gasteiger partial charge on any atom is -0.310 e. The van der Waals surface area contributed by atoms with Crippen molar-refractivity contribution in [3.8, 4) is 5.82 Å². The van der Waals surface area contributed by atoms with Gasteiger partial charge in [-0.3, -0.25) is 0 Å². The van der Waals surface area contributed by atoms with E-state index in [9.17, 15) is 0 Å². The van der Waals surface area contributed by atoms with Crippen LogP contribution in [0.2, 0.25) is 5.15 Å². The van der Waals surface area contributed by atoms with Gasteiger partial charge in [-0.2, -0.15) is 5.10 Å². The predicted molar refractivity (Wildman–Crippen MR) is 84.9 cm³/mol. The fourth-order valence-electron chi connectivity index (χ4n) is 2.30. The zero-order chi connectivity index (χ0) is 15.4. The second-order valence-electron chi connectivity index (χ2n) is 5.24. The van der Waals surface area contributed by atoms with Crippen LogP contribution in [0.1, 0.15) is 44.6 Å². The third-order valence-electron chi connectivity index (χ3n) is 3.36. The lowest BCUT2D eigenvalue weighted by Crippen LogP contribution is -2.23. The molecule has 2 heterocycles. The molecular weight excluding hydrogens is 286 g/mol. The molecule has 2 aromatic heterocycles. The summed E-state index contributed by atoms with van der Waals surface area (Å²) in [5.74, 6) is 0.710. The second kappa shape index (κ2) is 7.00. The highest BCUT2D eigenvalue weighted by Gasteiger charge is 2.17. The lowest BCUT2D eigenvalue weighted by atomic mass is 10.1. The van der Waals surface area contributed by atoms with Crippen molar-refractivity contribution in [3.05, 3.63) is 34.2 Å². The minimum absolute atomic E-state index is 0.390. The van der Waals surface area contributed by atoms with Crippen molar-refractivity contribution in [3.63, 3.8) is 0 Å². The summed E-state index contributed by atoms with van der Waals surface area (Å²) in [4.78, 5) is 0. The largest absolute Gasteiger partial charge is 0.310 e. The Hall–Kier alpha value is -1.46. The summed E-state index contributed by atoms with van der Waals surface area (Å²) in [6.45, 7) is 9.37. The summed E-state index contributed by atoms with van der Waals surface area (Å²) in [7, 11) is 0. The average Bonchev–Trinajstić information content (AvgIpc) is 2.83. The van der Waals surface area contributed by atoms with Crippen LogP contribution in [0.15, 0.2) is 12.1 Å². The molecule has 0 saturated heterocycles. The van der Waals surface area contributed by atoms with Gasteiger partial charge in [0.15, 0.2) is 11.0 Å². The quantitative estimate of drug-likeness (QED) is 0.891. The standard InChI is InChI=1S/C15H22ClN5/c1-5-12-11(9-17-10(3)4)13(6-2)21(20-12)15-8-7-14(16)18-19-15/h7-8,10,17H,5-6,9H2,1-4H3. The predicted octanol–water partition coefficient (Wildman–Crippen LogP) is 2.94. The van der Waals surface area contributed by atoms with E-state index >= 15 is 0 Å². The number of nitrogens with zero attached hydrogens (tertiary/aromatic N) is 4. The Bertz CT molecular complexity index is 589. The Labute approximate surface area is 130 Å². The number of nitrogens with one attached hydrogen (secondary N) is 1. The molecule has 6 heteroatoms. The Morgan fingerprint density at radius 2 is 1.95 bits per heavy atom. The number of rotatable bonds is 6. The summed E-state index contributed by atoms with van der Waals surface area (Å²) in [6.07, 6.45) is 1.79. The lowest BCUT2D eigenvalue weighted by molar-refractivity contribution is 0.584. The van der Waals surface area contributed by atoms with Crippen molar-refractivity contribution < 1.29 is 0 Å². The number of aryl methyl sites for hydroxylation is 1. The van der Waals surface area contributed by atoms with Gasteiger partial charge in [-0.1, -0.05) is 39.3 Å². The van der Waals surface area contributed by atoms with E-state index in [1.54, 1.807) is 6.07 Å². The molecule has 1 N–H and O–H groups in total. The summed E-state index contributed by atoms with van der Waals surface area (Å²) in [5.41, 5.74) is 3.55. The number of halogens is 1. The first-order valence-electron chi connectivity index (χ1n) is 7.39. The zero-order valence-corrected chi connectivity index (χ0v) is 13.8. The van der Waals surface area contributed by atoms with Crippen LogP contribution in [0, 0.1) is 0 Å². The molecule has 0 aliphatic carbocycles. The highest BCUT2D eigenvalue weighted by molar-refractivity contribution is 6.29. The van der Waals surface area contributed by atoms with E-state index in [-0.39, 0.29) is 0 Å². The Morgan fingerprint density at radius 1 is 1.19 bits per heavy atom. The van der Waals surface area contributed by atoms with Crippen LogP contribution in [0.4, 0.5) is 0 Å². The van der Waals surface area contributed by atoms with Crippen LogP contribution in [-0.4, -0.2) is 26.0 Å². The molecule has 0 unspecified atom stereocenters. The van der Waals surface area contributed by atoms with Gasteiger partial charge in [-0.15, -0.1) is 10.2 Å². The number of aromatic nitrogens is 4. The van der Waals surface area contributed by atoms with Crippen LogP contribution in [-0.2, 0) is 19.4 Å². The third-order valence-corrected chi connectivity index (χ3v) is 3.57. The van der Waals surface area contributed by atoms with Crippen molar-refractivity contribution in [2.45, 2.75) is 53.1 Å². The van der Waals surface area contributed by atoms with Gasteiger partial charge < -0.3 is 5.32 Å². The molecule has 5 nitrogen and oxygen atoms in total. The first-order chi connectivity index (χ1) is 10.1. The molecule has 114 valence electrons. The van der Waals surface area contributed by atoms with Crippen LogP contribution in [0.5, 0.6) is 0 Å². The summed E-state index contributed by atoms with van der Waals surface area (Å²) in [6, 6.07) is 4.03. The second-order valence-corrected chi connectivity index (χ2v) is 5.63. The van der Waals surface area contributed by atoms with Crippen molar-refractivity contribution in [1.29, 1.82) is 0 Å². The van der Waals surface area contributed by atoms with Gasteiger partial charge in [0.2, 0.25) is 0 Å². The number of hydrogen-bond acceptors (Lipinski definition) is 4. The molecule has 0 aromatic carbocycles. The molecule has 0 aliphatic rings. The molecule has 0 radical (unpaired) electrons. The first kappa shape index (κ1) is 15.9. The molecule has 2 aromatic rings. The van der Waals surface area contributed by atoms with E-state index in [2.05, 4.69) is 43.2 Å². The highest BCUT2D eigenvalue weighted by Crippen LogP contribution is 2.20. The molecule has 2 rings (SSSR count). The van der Waals surface area contributed by atoms with E-state index in [0.717, 1.165) is 25.1 Å². The summed E-state index contributed by atoms with van der Waals surface area (Å²) >= 11 is 5.81. The van der Waals surface area contributed by atoms with Gasteiger partial charge in [0.05, 0.1) is 11.4 Å². The fraction of sp³-hybridized carbons (Fsp3) is 0.533. The molecule has 0 saturated carbocycles. The van der Waals surface area contributed by atoms with E-state index in [1.165, 1.54) is 11.3 Å². The third kappa shape index (κ3) is 3.60. The van der Waals surface area contributed by atoms with E-state index in [4.69, 9.17) is 16.7 Å². The van der Waals surface area contributed by atoms with Gasteiger partial charge in [-0.25, -0.2) is 4.68 Å². The van der Waals surface area contributed by atoms with Gasteiger partial charge >= 0.3 is 0 Å². The van der Waals surface area contributed by atoms with Gasteiger partial charge in [0.25, 0.3) is 0 Å². The van der Waals surface area contributed by atoms with E-state index < -0.39 is 0 Å². The Kier molecular flexibility index (Phi) is 5.31. The average molecular weight is 308 g/mol. The zero-order valence-electron chi connectivity index (χ0n) is 13.0. The summed E-state index contributed by atoms with van der Waals surface area (Å²) < 4.78 is 1.89. The maximum atomic E-state index is 5.81. The first-order valence-corrected chi connectivity index (χ1v) is 7.77. The van der Waals surface area contributed by atoms with E-state index in [1.807, 2.05) is 10.7 Å². The maximum absolute atomic E-state index is 5.81. The maximum Gasteiger partial charge on any atom is 0.176 e. The van der Waals surface area contributed by atoms with E-state index in [0.29, 0.717) is 17.0 Å². The smallest absolute Gasteiger partial charge is 0.176 e. The lowest BCUT2D eigenvalue weighted by Gasteiger charge is -2.10. The molecule has 0 amide bonds. The summed E-state index contributed by atoms with van der Waals surface area (Å²) in [5, 5.41) is 16.6. The van der Waals surface area contributed by atoms with Crippen molar-refractivity contribution in [2.75, 3.05) is 0 Å². The Morgan fingerprint density at radius 3 is 2.48 bits per heavy atom. The SMILES string of the molecule is CCc1nn(-c2ccc(Cl)nn2)c(CC)c1CNC(C)C. The van der Waals surface area contributed by atoms with Crippen LogP contribution in [0.3, 0.4) is 0 Å². The molecule has 0 aliphatic heterocycles. The van der Waals surface area contributed by atoms with Crippen LogP contribution >= 0.6 is 11.6 Å². The molecular formula is C15H22ClN5. The van der Waals surface area contributed by atoms with Gasteiger partial charge in [-0.05, 0) is 25.0 Å². The minimum atomic E-state index is 0.390. The van der Waals surface area contributed by atoms with Crippen LogP contribution in [0.25, 0.3) is 5.82 Å². The molecule has 21 heavy (non-hydrogen) atoms. The topological polar surface area (TPSA) is 55.6 Å². The van der Waals surface area contributed by atoms with Crippen molar-refractivity contribution in [1.82, 2.24) is 25.3 Å². The monoisotopic (exact) mass is 307 g/mol. The van der Waals surface area contributed by atoms with Gasteiger partial charge in [0, 0.05) is 18.2 Å². The highest BCUT2D eigenvalue weighted by atomic mass is 35.5. The molecule has 0 atom stereocenters. The van der Waals surface area contributed by atoms with Gasteiger partial charge in [0.1, 0.15) is 0 Å². The molecule has 0 fully saturated rings. The molecule has 0 spiro atoms.